The van der Waals surface area contributed by atoms with Gasteiger partial charge in [-0.3, -0.25) is 0 Å². The van der Waals surface area contributed by atoms with Gasteiger partial charge in [0.15, 0.2) is 0 Å². The van der Waals surface area contributed by atoms with Crippen LogP contribution >= 0.6 is 23.2 Å². The third-order valence-corrected chi connectivity index (χ3v) is 2.94. The van der Waals surface area contributed by atoms with Gasteiger partial charge in [0.05, 0.1) is 12.1 Å². The molecule has 0 saturated heterocycles. The van der Waals surface area contributed by atoms with Crippen LogP contribution in [-0.2, 0) is 9.57 Å². The van der Waals surface area contributed by atoms with Gasteiger partial charge in [-0.05, 0) is 18.2 Å². The highest BCUT2D eigenvalue weighted by Gasteiger charge is 2.39. The normalized spacial score (nSPS) is 22.3. The molecule has 18 heavy (non-hydrogen) atoms. The minimum atomic E-state index is -1.42. The van der Waals surface area contributed by atoms with E-state index in [1.54, 1.807) is 18.2 Å². The van der Waals surface area contributed by atoms with E-state index in [-0.39, 0.29) is 6.42 Å². The van der Waals surface area contributed by atoms with Crippen molar-refractivity contribution < 1.29 is 19.5 Å². The lowest BCUT2D eigenvalue weighted by Gasteiger charge is -2.19. The Labute approximate surface area is 113 Å². The fourth-order valence-electron chi connectivity index (χ4n) is 1.62. The SMILES string of the molecule is CC1(OC(=O)O)CC(c2cc(Cl)ccc2Cl)=NO1. The summed E-state index contributed by atoms with van der Waals surface area (Å²) in [5.74, 6) is -1.33. The van der Waals surface area contributed by atoms with Crippen LogP contribution in [0.1, 0.15) is 18.9 Å². The maximum Gasteiger partial charge on any atom is 0.509 e. The molecule has 0 amide bonds. The topological polar surface area (TPSA) is 68.1 Å². The van der Waals surface area contributed by atoms with Crippen molar-refractivity contribution in [1.82, 2.24) is 0 Å². The van der Waals surface area contributed by atoms with E-state index < -0.39 is 11.9 Å². The number of halogens is 2. The van der Waals surface area contributed by atoms with E-state index in [0.717, 1.165) is 0 Å². The number of rotatable bonds is 2. The molecule has 0 fully saturated rings. The summed E-state index contributed by atoms with van der Waals surface area (Å²) < 4.78 is 4.62. The molecule has 5 nitrogen and oxygen atoms in total. The zero-order valence-electron chi connectivity index (χ0n) is 9.31. The molecule has 1 aromatic rings. The minimum Gasteiger partial charge on any atom is -0.450 e. The number of hydrogen-bond acceptors (Lipinski definition) is 4. The molecule has 1 aliphatic heterocycles. The van der Waals surface area contributed by atoms with Crippen LogP contribution in [0.25, 0.3) is 0 Å². The number of nitrogens with zero attached hydrogens (tertiary/aromatic N) is 1. The summed E-state index contributed by atoms with van der Waals surface area (Å²) >= 11 is 11.9. The van der Waals surface area contributed by atoms with E-state index >= 15 is 0 Å². The van der Waals surface area contributed by atoms with Crippen LogP contribution in [0.4, 0.5) is 4.79 Å². The maximum atomic E-state index is 10.5. The molecule has 1 heterocycles. The lowest BCUT2D eigenvalue weighted by molar-refractivity contribution is -0.180. The van der Waals surface area contributed by atoms with Gasteiger partial charge >= 0.3 is 6.16 Å². The highest BCUT2D eigenvalue weighted by molar-refractivity contribution is 6.36. The van der Waals surface area contributed by atoms with E-state index in [4.69, 9.17) is 33.1 Å². The number of ether oxygens (including phenoxy) is 1. The molecule has 2 rings (SSSR count). The second-order valence-electron chi connectivity index (χ2n) is 3.93. The average molecular weight is 290 g/mol. The Morgan fingerprint density at radius 2 is 2.28 bits per heavy atom. The van der Waals surface area contributed by atoms with Gasteiger partial charge in [-0.1, -0.05) is 28.4 Å². The molecular weight excluding hydrogens is 281 g/mol. The highest BCUT2D eigenvalue weighted by Crippen LogP contribution is 2.31. The molecule has 1 N–H and O–H groups in total. The van der Waals surface area contributed by atoms with Crippen LogP contribution in [-0.4, -0.2) is 22.8 Å². The van der Waals surface area contributed by atoms with E-state index in [1.807, 2.05) is 0 Å². The highest BCUT2D eigenvalue weighted by atomic mass is 35.5. The van der Waals surface area contributed by atoms with Crippen molar-refractivity contribution in [2.24, 2.45) is 5.16 Å². The zero-order valence-corrected chi connectivity index (χ0v) is 10.8. The van der Waals surface area contributed by atoms with Gasteiger partial charge in [0.1, 0.15) is 0 Å². The summed E-state index contributed by atoms with van der Waals surface area (Å²) in [6.45, 7) is 1.48. The smallest absolute Gasteiger partial charge is 0.450 e. The van der Waals surface area contributed by atoms with Crippen LogP contribution in [0.3, 0.4) is 0 Å². The Kier molecular flexibility index (Phi) is 3.36. The van der Waals surface area contributed by atoms with Crippen molar-refractivity contribution in [2.75, 3.05) is 0 Å². The zero-order chi connectivity index (χ0) is 13.3. The minimum absolute atomic E-state index is 0.166. The van der Waals surface area contributed by atoms with E-state index in [0.29, 0.717) is 21.3 Å². The Hall–Kier alpha value is -1.46. The van der Waals surface area contributed by atoms with Crippen LogP contribution in [0, 0.1) is 0 Å². The first-order valence-corrected chi connectivity index (χ1v) is 5.78. The summed E-state index contributed by atoms with van der Waals surface area (Å²) in [4.78, 5) is 15.5. The largest absolute Gasteiger partial charge is 0.509 e. The maximum absolute atomic E-state index is 10.5. The molecule has 96 valence electrons. The number of hydrogen-bond donors (Lipinski definition) is 1. The fraction of sp³-hybridized carbons (Fsp3) is 0.273. The van der Waals surface area contributed by atoms with E-state index in [9.17, 15) is 4.79 Å². The van der Waals surface area contributed by atoms with Gasteiger partial charge in [0.2, 0.25) is 0 Å². The predicted octanol–water partition coefficient (Wildman–Crippen LogP) is 3.53. The second kappa shape index (κ2) is 4.66. The van der Waals surface area contributed by atoms with Gasteiger partial charge in [0.25, 0.3) is 5.79 Å². The number of carbonyl (C=O) groups is 1. The molecule has 0 saturated carbocycles. The van der Waals surface area contributed by atoms with Crippen molar-refractivity contribution in [3.8, 4) is 0 Å². The number of oxime groups is 1. The molecule has 0 aromatic heterocycles. The van der Waals surface area contributed by atoms with Gasteiger partial charge < -0.3 is 14.7 Å². The van der Waals surface area contributed by atoms with Gasteiger partial charge in [-0.25, -0.2) is 4.79 Å². The number of benzene rings is 1. The molecule has 0 aliphatic carbocycles. The Bertz CT molecular complexity index is 532. The molecule has 1 aromatic carbocycles. The summed E-state index contributed by atoms with van der Waals surface area (Å²) in [5.41, 5.74) is 1.09. The summed E-state index contributed by atoms with van der Waals surface area (Å²) in [7, 11) is 0. The first kappa shape index (κ1) is 13.0. The van der Waals surface area contributed by atoms with Crippen LogP contribution in [0.5, 0.6) is 0 Å². The lowest BCUT2D eigenvalue weighted by atomic mass is 10.0. The van der Waals surface area contributed by atoms with Crippen molar-refractivity contribution in [1.29, 1.82) is 0 Å². The van der Waals surface area contributed by atoms with Gasteiger partial charge in [-0.2, -0.15) is 0 Å². The first-order valence-electron chi connectivity index (χ1n) is 5.02. The predicted molar refractivity (Wildman–Crippen MR) is 66.2 cm³/mol. The molecule has 1 aliphatic rings. The van der Waals surface area contributed by atoms with Gasteiger partial charge in [0, 0.05) is 22.5 Å². The summed E-state index contributed by atoms with van der Waals surface area (Å²) in [6, 6.07) is 4.92. The van der Waals surface area contributed by atoms with Crippen molar-refractivity contribution in [3.63, 3.8) is 0 Å². The summed E-state index contributed by atoms with van der Waals surface area (Å²) in [6.07, 6.45) is -1.26. The van der Waals surface area contributed by atoms with Crippen molar-refractivity contribution in [2.45, 2.75) is 19.1 Å². The first-order chi connectivity index (χ1) is 8.39. The molecule has 1 atom stereocenters. The molecular formula is C11H9Cl2NO4. The Morgan fingerprint density at radius 1 is 1.56 bits per heavy atom. The van der Waals surface area contributed by atoms with Crippen LogP contribution < -0.4 is 0 Å². The van der Waals surface area contributed by atoms with Crippen LogP contribution in [0.15, 0.2) is 23.4 Å². The lowest BCUT2D eigenvalue weighted by Crippen LogP contribution is -2.31. The van der Waals surface area contributed by atoms with Gasteiger partial charge in [-0.15, -0.1) is 0 Å². The van der Waals surface area contributed by atoms with Crippen molar-refractivity contribution in [3.05, 3.63) is 33.8 Å². The average Bonchev–Trinajstić information content (AvgIpc) is 2.63. The number of carboxylic acid groups (broad SMARTS) is 1. The third-order valence-electron chi connectivity index (χ3n) is 2.38. The Balaban J connectivity index is 2.22. The van der Waals surface area contributed by atoms with Crippen molar-refractivity contribution >= 4 is 35.1 Å². The standard InChI is InChI=1S/C11H9Cl2NO4/c1-11(17-10(15)16)5-9(14-18-11)7-4-6(12)2-3-8(7)13/h2-4H,5H2,1H3,(H,15,16). The Morgan fingerprint density at radius 3 is 2.94 bits per heavy atom. The molecule has 0 radical (unpaired) electrons. The monoisotopic (exact) mass is 289 g/mol. The van der Waals surface area contributed by atoms with E-state index in [1.165, 1.54) is 6.92 Å². The molecule has 1 unspecified atom stereocenters. The van der Waals surface area contributed by atoms with E-state index in [2.05, 4.69) is 9.89 Å². The quantitative estimate of drug-likeness (QED) is 0.846. The molecule has 0 spiro atoms. The van der Waals surface area contributed by atoms with Crippen LogP contribution in [0.2, 0.25) is 10.0 Å². The fourth-order valence-corrected chi connectivity index (χ4v) is 2.02. The molecule has 0 bridgehead atoms. The second-order valence-corrected chi connectivity index (χ2v) is 4.78. The molecule has 7 heteroatoms. The summed E-state index contributed by atoms with van der Waals surface area (Å²) in [5, 5.41) is 13.4. The third kappa shape index (κ3) is 2.68.